The Balaban J connectivity index is 2.45. The monoisotopic (exact) mass is 198 g/mol. The van der Waals surface area contributed by atoms with E-state index in [-0.39, 0.29) is 5.88 Å². The molecule has 1 saturated heterocycles. The molecule has 80 valence electrons. The fourth-order valence-electron chi connectivity index (χ4n) is 1.67. The van der Waals surface area contributed by atoms with E-state index in [1.807, 2.05) is 6.92 Å². The highest BCUT2D eigenvalue weighted by Crippen LogP contribution is 2.13. The van der Waals surface area contributed by atoms with Crippen LogP contribution < -0.4 is 0 Å². The van der Waals surface area contributed by atoms with Crippen molar-refractivity contribution in [2.45, 2.75) is 25.9 Å². The number of methoxy groups -OCH3 is 1. The Morgan fingerprint density at radius 1 is 1.50 bits per heavy atom. The maximum absolute atomic E-state index is 8.92. The Morgan fingerprint density at radius 3 is 2.50 bits per heavy atom. The number of likely N-dealkylation sites (tertiary alicyclic amines) is 1. The Kier molecular flexibility index (Phi) is 3.95. The zero-order valence-corrected chi connectivity index (χ0v) is 8.86. The summed E-state index contributed by atoms with van der Waals surface area (Å²) in [6.45, 7) is 7.08. The number of ether oxygens (including phenoxy) is 1. The van der Waals surface area contributed by atoms with E-state index >= 15 is 0 Å². The Bertz CT molecular complexity index is 230. The molecule has 1 aliphatic rings. The molecule has 0 unspecified atom stereocenters. The third-order valence-electron chi connectivity index (χ3n) is 2.52. The Labute approximate surface area is 84.9 Å². The average molecular weight is 198 g/mol. The van der Waals surface area contributed by atoms with Crippen molar-refractivity contribution in [2.24, 2.45) is 4.99 Å². The van der Waals surface area contributed by atoms with Gasteiger partial charge >= 0.3 is 0 Å². The van der Waals surface area contributed by atoms with E-state index < -0.39 is 0 Å². The Hall–Kier alpha value is -1.03. The van der Waals surface area contributed by atoms with Crippen molar-refractivity contribution < 1.29 is 9.84 Å². The third kappa shape index (κ3) is 3.03. The summed E-state index contributed by atoms with van der Waals surface area (Å²) < 4.78 is 5.27. The molecule has 0 aromatic rings. The van der Waals surface area contributed by atoms with Gasteiger partial charge in [-0.1, -0.05) is 0 Å². The van der Waals surface area contributed by atoms with Crippen LogP contribution in [0.1, 0.15) is 19.8 Å². The highest BCUT2D eigenvalue weighted by atomic mass is 16.5. The van der Waals surface area contributed by atoms with Crippen LogP contribution in [0.25, 0.3) is 0 Å². The molecule has 4 nitrogen and oxygen atoms in total. The first kappa shape index (κ1) is 11.0. The number of amidine groups is 1. The van der Waals surface area contributed by atoms with Crippen LogP contribution in [0, 0.1) is 0 Å². The van der Waals surface area contributed by atoms with E-state index in [2.05, 4.69) is 16.5 Å². The van der Waals surface area contributed by atoms with Crippen LogP contribution in [-0.2, 0) is 4.74 Å². The number of hydrogen-bond acceptors (Lipinski definition) is 3. The fourth-order valence-corrected chi connectivity index (χ4v) is 1.67. The summed E-state index contributed by atoms with van der Waals surface area (Å²) >= 11 is 0. The first-order chi connectivity index (χ1) is 6.63. The van der Waals surface area contributed by atoms with E-state index in [0.29, 0.717) is 6.10 Å². The molecule has 0 radical (unpaired) electrons. The summed E-state index contributed by atoms with van der Waals surface area (Å²) in [5.74, 6) is 0.698. The van der Waals surface area contributed by atoms with Gasteiger partial charge in [-0.25, -0.2) is 4.99 Å². The minimum absolute atomic E-state index is 0.128. The van der Waals surface area contributed by atoms with E-state index in [1.165, 1.54) is 0 Å². The second-order valence-electron chi connectivity index (χ2n) is 3.50. The molecule has 1 rings (SSSR count). The number of piperidine rings is 1. The molecule has 1 heterocycles. The normalized spacial score (nSPS) is 19.9. The third-order valence-corrected chi connectivity index (χ3v) is 2.52. The van der Waals surface area contributed by atoms with Gasteiger partial charge < -0.3 is 14.7 Å². The van der Waals surface area contributed by atoms with Crippen molar-refractivity contribution in [1.29, 1.82) is 0 Å². The first-order valence-corrected chi connectivity index (χ1v) is 4.84. The predicted molar refractivity (Wildman–Crippen MR) is 56.5 cm³/mol. The number of hydrogen-bond donors (Lipinski definition) is 1. The minimum atomic E-state index is -0.128. The molecule has 1 N–H and O–H groups in total. The number of aliphatic hydroxyl groups excluding tert-OH is 1. The van der Waals surface area contributed by atoms with Gasteiger partial charge in [0.05, 0.1) is 6.10 Å². The van der Waals surface area contributed by atoms with E-state index in [9.17, 15) is 0 Å². The summed E-state index contributed by atoms with van der Waals surface area (Å²) in [5, 5.41) is 8.92. The molecular formula is C10H18N2O2. The first-order valence-electron chi connectivity index (χ1n) is 4.84. The van der Waals surface area contributed by atoms with Gasteiger partial charge in [0.1, 0.15) is 5.84 Å². The second-order valence-corrected chi connectivity index (χ2v) is 3.50. The van der Waals surface area contributed by atoms with Gasteiger partial charge in [0.25, 0.3) is 0 Å². The van der Waals surface area contributed by atoms with Crippen molar-refractivity contribution in [3.05, 3.63) is 12.5 Å². The molecule has 4 heteroatoms. The quantitative estimate of drug-likeness (QED) is 0.416. The number of nitrogens with zero attached hydrogens (tertiary/aromatic N) is 2. The SMILES string of the molecule is C=C(O)N=C(C)N1CCC(OC)CC1. The lowest BCUT2D eigenvalue weighted by molar-refractivity contribution is 0.0577. The standard InChI is InChI=1S/C10H18N2O2/c1-8(11-9(2)13)12-6-4-10(14-3)5-7-12/h10,13H,2,4-7H2,1,3H3. The molecule has 0 aliphatic carbocycles. The van der Waals surface area contributed by atoms with Crippen molar-refractivity contribution in [2.75, 3.05) is 20.2 Å². The van der Waals surface area contributed by atoms with Crippen molar-refractivity contribution in [3.63, 3.8) is 0 Å². The average Bonchev–Trinajstić information content (AvgIpc) is 2.17. The Morgan fingerprint density at radius 2 is 2.07 bits per heavy atom. The number of aliphatic hydroxyl groups is 1. The van der Waals surface area contributed by atoms with Crippen LogP contribution in [0.3, 0.4) is 0 Å². The summed E-state index contributed by atoms with van der Waals surface area (Å²) in [6, 6.07) is 0. The maximum Gasteiger partial charge on any atom is 0.204 e. The fraction of sp³-hybridized carbons (Fsp3) is 0.700. The predicted octanol–water partition coefficient (Wildman–Crippen LogP) is 1.54. The summed E-state index contributed by atoms with van der Waals surface area (Å²) in [7, 11) is 1.75. The van der Waals surface area contributed by atoms with Crippen LogP contribution in [0.5, 0.6) is 0 Å². The van der Waals surface area contributed by atoms with E-state index in [4.69, 9.17) is 9.84 Å². The van der Waals surface area contributed by atoms with Crippen LogP contribution in [0.2, 0.25) is 0 Å². The van der Waals surface area contributed by atoms with Crippen molar-refractivity contribution >= 4 is 5.84 Å². The molecule has 1 fully saturated rings. The number of aliphatic imine (C=N–C) groups is 1. The lowest BCUT2D eigenvalue weighted by atomic mass is 10.1. The molecule has 0 spiro atoms. The van der Waals surface area contributed by atoms with Crippen LogP contribution in [0.4, 0.5) is 0 Å². The summed E-state index contributed by atoms with van der Waals surface area (Å²) in [5.41, 5.74) is 0. The van der Waals surface area contributed by atoms with Gasteiger partial charge in [-0.15, -0.1) is 0 Å². The van der Waals surface area contributed by atoms with E-state index in [1.54, 1.807) is 7.11 Å². The highest BCUT2D eigenvalue weighted by molar-refractivity contribution is 5.80. The largest absolute Gasteiger partial charge is 0.494 e. The zero-order valence-electron chi connectivity index (χ0n) is 8.86. The van der Waals surface area contributed by atoms with Crippen molar-refractivity contribution in [3.8, 4) is 0 Å². The van der Waals surface area contributed by atoms with Crippen LogP contribution in [0.15, 0.2) is 17.5 Å². The molecule has 14 heavy (non-hydrogen) atoms. The van der Waals surface area contributed by atoms with E-state index in [0.717, 1.165) is 31.8 Å². The van der Waals surface area contributed by atoms with Gasteiger partial charge in [0.15, 0.2) is 0 Å². The molecule has 0 bridgehead atoms. The molecule has 0 aromatic carbocycles. The van der Waals surface area contributed by atoms with Crippen LogP contribution >= 0.6 is 0 Å². The van der Waals surface area contributed by atoms with Gasteiger partial charge in [-0.3, -0.25) is 0 Å². The van der Waals surface area contributed by atoms with Gasteiger partial charge in [0.2, 0.25) is 5.88 Å². The van der Waals surface area contributed by atoms with Crippen molar-refractivity contribution in [1.82, 2.24) is 4.90 Å². The summed E-state index contributed by atoms with van der Waals surface area (Å²) in [6.07, 6.45) is 2.40. The molecule has 0 aromatic heterocycles. The topological polar surface area (TPSA) is 45.1 Å². The highest BCUT2D eigenvalue weighted by Gasteiger charge is 2.19. The molecular weight excluding hydrogens is 180 g/mol. The second kappa shape index (κ2) is 5.00. The zero-order chi connectivity index (χ0) is 10.6. The lowest BCUT2D eigenvalue weighted by Crippen LogP contribution is -2.39. The number of rotatable bonds is 2. The maximum atomic E-state index is 8.92. The molecule has 0 atom stereocenters. The summed E-state index contributed by atoms with van der Waals surface area (Å²) in [4.78, 5) is 6.05. The molecule has 1 aliphatic heterocycles. The lowest BCUT2D eigenvalue weighted by Gasteiger charge is -2.32. The minimum Gasteiger partial charge on any atom is -0.494 e. The smallest absolute Gasteiger partial charge is 0.204 e. The molecule has 0 amide bonds. The van der Waals surface area contributed by atoms with Gasteiger partial charge in [-0.05, 0) is 26.3 Å². The van der Waals surface area contributed by atoms with Gasteiger partial charge in [-0.2, -0.15) is 0 Å². The van der Waals surface area contributed by atoms with Crippen LogP contribution in [-0.4, -0.2) is 42.1 Å². The van der Waals surface area contributed by atoms with Gasteiger partial charge in [0, 0.05) is 20.2 Å². The molecule has 0 saturated carbocycles.